The van der Waals surface area contributed by atoms with Gasteiger partial charge in [0, 0.05) is 32.5 Å². The molecule has 1 aromatic heterocycles. The molecule has 1 aromatic carbocycles. The fourth-order valence-corrected chi connectivity index (χ4v) is 2.17. The summed E-state index contributed by atoms with van der Waals surface area (Å²) in [5, 5.41) is 9.05. The van der Waals surface area contributed by atoms with Gasteiger partial charge in [-0.1, -0.05) is 0 Å². The van der Waals surface area contributed by atoms with Gasteiger partial charge < -0.3 is 9.47 Å². The number of aromatic nitrogens is 2. The summed E-state index contributed by atoms with van der Waals surface area (Å²) in [6.45, 7) is 3.63. The molecule has 0 aliphatic carbocycles. The number of hydrogen-bond acceptors (Lipinski definition) is 3. The van der Waals surface area contributed by atoms with Gasteiger partial charge in [0.15, 0.2) is 0 Å². The Balaban J connectivity index is 1.97. The number of nitriles is 1. The summed E-state index contributed by atoms with van der Waals surface area (Å²) in [5.41, 5.74) is 1.13. The first-order valence-electron chi connectivity index (χ1n) is 6.50. The minimum atomic E-state index is -0.382. The normalized spacial score (nSPS) is 10.3. The number of imidazole rings is 1. The topological polar surface area (TPSA) is 44.9 Å². The van der Waals surface area contributed by atoms with Crippen LogP contribution in [-0.2, 0) is 6.54 Å². The fraction of sp³-hybridized carbons (Fsp3) is 0.333. The predicted molar refractivity (Wildman–Crippen MR) is 76.0 cm³/mol. The largest absolute Gasteiger partial charge is 0.373 e. The first-order valence-corrected chi connectivity index (χ1v) is 6.50. The van der Waals surface area contributed by atoms with E-state index in [2.05, 4.69) is 9.55 Å². The number of anilines is 1. The Bertz CT molecular complexity index is 627. The maximum absolute atomic E-state index is 13.1. The molecule has 0 fully saturated rings. The van der Waals surface area contributed by atoms with E-state index in [4.69, 9.17) is 5.26 Å². The number of hydrogen-bond donors (Lipinski definition) is 0. The molecule has 2 rings (SSSR count). The molecule has 20 heavy (non-hydrogen) atoms. The van der Waals surface area contributed by atoms with Gasteiger partial charge >= 0.3 is 0 Å². The van der Waals surface area contributed by atoms with Crippen LogP contribution >= 0.6 is 0 Å². The van der Waals surface area contributed by atoms with Crippen LogP contribution in [0.15, 0.2) is 30.6 Å². The quantitative estimate of drug-likeness (QED) is 0.840. The average molecular weight is 272 g/mol. The van der Waals surface area contributed by atoms with Crippen LogP contribution in [0.2, 0.25) is 0 Å². The van der Waals surface area contributed by atoms with Crippen molar-refractivity contribution in [1.29, 1.82) is 5.26 Å². The zero-order chi connectivity index (χ0) is 14.5. The van der Waals surface area contributed by atoms with Gasteiger partial charge in [-0.25, -0.2) is 9.37 Å². The van der Waals surface area contributed by atoms with E-state index < -0.39 is 0 Å². The number of rotatable bonds is 5. The summed E-state index contributed by atoms with van der Waals surface area (Å²) in [6, 6.07) is 6.33. The third-order valence-electron chi connectivity index (χ3n) is 3.31. The number of aryl methyl sites for hydroxylation is 2. The van der Waals surface area contributed by atoms with E-state index in [1.54, 1.807) is 12.3 Å². The molecule has 0 radical (unpaired) electrons. The van der Waals surface area contributed by atoms with Crippen molar-refractivity contribution in [3.63, 3.8) is 0 Å². The second-order valence-corrected chi connectivity index (χ2v) is 4.72. The smallest absolute Gasteiger partial charge is 0.124 e. The lowest BCUT2D eigenvalue weighted by Crippen LogP contribution is -2.21. The van der Waals surface area contributed by atoms with Crippen molar-refractivity contribution in [2.75, 3.05) is 18.5 Å². The van der Waals surface area contributed by atoms with E-state index in [1.807, 2.05) is 31.1 Å². The van der Waals surface area contributed by atoms with Crippen LogP contribution in [0.5, 0.6) is 0 Å². The average Bonchev–Trinajstić information content (AvgIpc) is 2.84. The fourth-order valence-electron chi connectivity index (χ4n) is 2.17. The van der Waals surface area contributed by atoms with Crippen LogP contribution in [0.3, 0.4) is 0 Å². The molecule has 0 aliphatic heterocycles. The van der Waals surface area contributed by atoms with Gasteiger partial charge in [-0.05, 0) is 31.5 Å². The molecule has 0 bridgehead atoms. The highest BCUT2D eigenvalue weighted by molar-refractivity contribution is 5.58. The Labute approximate surface area is 118 Å². The summed E-state index contributed by atoms with van der Waals surface area (Å²) in [6.07, 6.45) is 4.66. The van der Waals surface area contributed by atoms with E-state index in [1.165, 1.54) is 12.1 Å². The van der Waals surface area contributed by atoms with E-state index in [-0.39, 0.29) is 5.82 Å². The molecule has 5 heteroatoms. The first kappa shape index (κ1) is 14.1. The van der Waals surface area contributed by atoms with Crippen LogP contribution in [0.4, 0.5) is 10.1 Å². The molecule has 2 aromatic rings. The lowest BCUT2D eigenvalue weighted by atomic mass is 10.1. The summed E-state index contributed by atoms with van der Waals surface area (Å²) < 4.78 is 15.2. The van der Waals surface area contributed by atoms with Crippen LogP contribution in [0.25, 0.3) is 0 Å². The molecule has 104 valence electrons. The lowest BCUT2D eigenvalue weighted by Gasteiger charge is -2.20. The van der Waals surface area contributed by atoms with Gasteiger partial charge in [-0.2, -0.15) is 5.26 Å². The molecule has 0 spiro atoms. The van der Waals surface area contributed by atoms with Crippen LogP contribution < -0.4 is 4.90 Å². The Kier molecular flexibility index (Phi) is 4.36. The molecular formula is C15H17FN4. The zero-order valence-corrected chi connectivity index (χ0v) is 11.7. The monoisotopic (exact) mass is 272 g/mol. The first-order chi connectivity index (χ1) is 9.61. The van der Waals surface area contributed by atoms with Crippen molar-refractivity contribution >= 4 is 5.69 Å². The molecule has 4 nitrogen and oxygen atoms in total. The minimum Gasteiger partial charge on any atom is -0.373 e. The van der Waals surface area contributed by atoms with Crippen molar-refractivity contribution in [2.24, 2.45) is 0 Å². The number of nitrogens with zero attached hydrogens (tertiary/aromatic N) is 4. The van der Waals surface area contributed by atoms with E-state index in [0.717, 1.165) is 31.0 Å². The van der Waals surface area contributed by atoms with Gasteiger partial charge in [0.25, 0.3) is 0 Å². The van der Waals surface area contributed by atoms with E-state index in [0.29, 0.717) is 5.56 Å². The summed E-state index contributed by atoms with van der Waals surface area (Å²) in [4.78, 5) is 6.15. The summed E-state index contributed by atoms with van der Waals surface area (Å²) >= 11 is 0. The van der Waals surface area contributed by atoms with Gasteiger partial charge in [-0.3, -0.25) is 0 Å². The van der Waals surface area contributed by atoms with Gasteiger partial charge in [-0.15, -0.1) is 0 Å². The van der Waals surface area contributed by atoms with Gasteiger partial charge in [0.05, 0.1) is 11.3 Å². The van der Waals surface area contributed by atoms with Gasteiger partial charge in [0.1, 0.15) is 17.7 Å². The van der Waals surface area contributed by atoms with Crippen molar-refractivity contribution in [2.45, 2.75) is 19.9 Å². The van der Waals surface area contributed by atoms with Crippen LogP contribution in [0.1, 0.15) is 17.8 Å². The Hall–Kier alpha value is -2.35. The molecule has 0 N–H and O–H groups in total. The SMILES string of the molecule is Cc1nccn1CCCN(C)c1ccc(F)cc1C#N. The summed E-state index contributed by atoms with van der Waals surface area (Å²) in [7, 11) is 1.91. The highest BCUT2D eigenvalue weighted by Crippen LogP contribution is 2.20. The van der Waals surface area contributed by atoms with Crippen molar-refractivity contribution in [1.82, 2.24) is 9.55 Å². The third kappa shape index (κ3) is 3.15. The molecule has 0 amide bonds. The van der Waals surface area contributed by atoms with Gasteiger partial charge in [0.2, 0.25) is 0 Å². The molecule has 0 aliphatic rings. The van der Waals surface area contributed by atoms with E-state index in [9.17, 15) is 4.39 Å². The van der Waals surface area contributed by atoms with E-state index >= 15 is 0 Å². The second-order valence-electron chi connectivity index (χ2n) is 4.72. The molecule has 0 unspecified atom stereocenters. The highest BCUT2D eigenvalue weighted by Gasteiger charge is 2.08. The second kappa shape index (κ2) is 6.20. The minimum absolute atomic E-state index is 0.367. The highest BCUT2D eigenvalue weighted by atomic mass is 19.1. The zero-order valence-electron chi connectivity index (χ0n) is 11.7. The predicted octanol–water partition coefficient (Wildman–Crippen LogP) is 2.73. The maximum Gasteiger partial charge on any atom is 0.124 e. The number of benzene rings is 1. The standard InChI is InChI=1S/C15H17FN4/c1-12-18-6-9-20(12)8-3-7-19(2)15-5-4-14(16)10-13(15)11-17/h4-6,9-10H,3,7-8H2,1-2H3. The third-order valence-corrected chi connectivity index (χ3v) is 3.31. The molecule has 0 saturated carbocycles. The molecule has 0 atom stereocenters. The Morgan fingerprint density at radius 3 is 2.90 bits per heavy atom. The lowest BCUT2D eigenvalue weighted by molar-refractivity contribution is 0.619. The van der Waals surface area contributed by atoms with Crippen molar-refractivity contribution in [3.8, 4) is 6.07 Å². The number of halogens is 1. The van der Waals surface area contributed by atoms with Crippen LogP contribution in [0, 0.1) is 24.1 Å². The Morgan fingerprint density at radius 1 is 1.45 bits per heavy atom. The maximum atomic E-state index is 13.1. The summed E-state index contributed by atoms with van der Waals surface area (Å²) in [5.74, 6) is 0.611. The molecular weight excluding hydrogens is 255 g/mol. The Morgan fingerprint density at radius 2 is 2.25 bits per heavy atom. The van der Waals surface area contributed by atoms with Crippen molar-refractivity contribution < 1.29 is 4.39 Å². The molecule has 0 saturated heterocycles. The van der Waals surface area contributed by atoms with Crippen molar-refractivity contribution in [3.05, 3.63) is 47.8 Å². The van der Waals surface area contributed by atoms with Crippen LogP contribution in [-0.4, -0.2) is 23.1 Å². The molecule has 1 heterocycles.